The number of nitrogens with one attached hydrogen (secondary N) is 1. The number of halogens is 3. The van der Waals surface area contributed by atoms with Crippen LogP contribution in [0.4, 0.5) is 13.2 Å². The lowest BCUT2D eigenvalue weighted by Crippen LogP contribution is -2.29. The van der Waals surface area contributed by atoms with Gasteiger partial charge in [0, 0.05) is 6.54 Å². The minimum absolute atomic E-state index is 0.320. The number of hydrogen-bond donors (Lipinski definition) is 2. The van der Waals surface area contributed by atoms with Gasteiger partial charge in [-0.15, -0.1) is 13.2 Å². The molecule has 0 saturated heterocycles. The fourth-order valence-electron chi connectivity index (χ4n) is 2.33. The molecule has 0 bridgehead atoms. The van der Waals surface area contributed by atoms with E-state index in [-0.39, 0.29) is 0 Å². The van der Waals surface area contributed by atoms with E-state index in [4.69, 9.17) is 9.47 Å². The van der Waals surface area contributed by atoms with Gasteiger partial charge in [0.2, 0.25) is 10.0 Å². The smallest absolute Gasteiger partial charge is 0.493 e. The number of para-hydroxylation sites is 1. The molecule has 2 aromatic carbocycles. The number of ether oxygens (including phenoxy) is 3. The number of aliphatic hydroxyl groups is 1. The Morgan fingerprint density at radius 3 is 2.29 bits per heavy atom. The van der Waals surface area contributed by atoms with Crippen LogP contribution in [-0.2, 0) is 10.0 Å². The van der Waals surface area contributed by atoms with Crippen LogP contribution in [0.3, 0.4) is 0 Å². The van der Waals surface area contributed by atoms with Gasteiger partial charge in [-0.05, 0) is 29.8 Å². The van der Waals surface area contributed by atoms with Crippen LogP contribution in [0.2, 0.25) is 0 Å². The normalized spacial score (nSPS) is 13.1. The summed E-state index contributed by atoms with van der Waals surface area (Å²) in [6.07, 6.45) is -6.34. The van der Waals surface area contributed by atoms with E-state index in [2.05, 4.69) is 9.46 Å². The van der Waals surface area contributed by atoms with Crippen molar-refractivity contribution in [2.45, 2.75) is 17.4 Å². The molecule has 0 saturated carbocycles. The summed E-state index contributed by atoms with van der Waals surface area (Å²) in [6, 6.07) is 8.79. The van der Waals surface area contributed by atoms with Gasteiger partial charge in [0.05, 0.1) is 20.3 Å². The van der Waals surface area contributed by atoms with Gasteiger partial charge in [0.25, 0.3) is 0 Å². The summed E-state index contributed by atoms with van der Waals surface area (Å²) in [5.74, 6) is -0.133. The monoisotopic (exact) mass is 421 g/mol. The third kappa shape index (κ3) is 5.50. The Balaban J connectivity index is 2.18. The first-order chi connectivity index (χ1) is 13.1. The van der Waals surface area contributed by atoms with E-state index in [0.717, 1.165) is 12.1 Å². The van der Waals surface area contributed by atoms with E-state index < -0.39 is 39.7 Å². The first-order valence-corrected chi connectivity index (χ1v) is 9.30. The zero-order chi connectivity index (χ0) is 20.9. The first-order valence-electron chi connectivity index (χ1n) is 7.82. The molecule has 0 spiro atoms. The summed E-state index contributed by atoms with van der Waals surface area (Å²) in [5.41, 5.74) is 0.320. The van der Waals surface area contributed by atoms with Crippen molar-refractivity contribution in [2.24, 2.45) is 0 Å². The van der Waals surface area contributed by atoms with Gasteiger partial charge in [-0.1, -0.05) is 18.2 Å². The molecule has 7 nitrogen and oxygen atoms in total. The fraction of sp³-hybridized carbons (Fsp3) is 0.294. The molecular formula is C17H18F3NO6S. The third-order valence-electron chi connectivity index (χ3n) is 3.62. The van der Waals surface area contributed by atoms with Crippen molar-refractivity contribution >= 4 is 10.0 Å². The molecule has 0 fully saturated rings. The second-order valence-electron chi connectivity index (χ2n) is 5.48. The van der Waals surface area contributed by atoms with Crippen LogP contribution in [-0.4, -0.2) is 40.7 Å². The summed E-state index contributed by atoms with van der Waals surface area (Å²) in [4.78, 5) is -0.702. The van der Waals surface area contributed by atoms with Crippen LogP contribution in [0.5, 0.6) is 17.2 Å². The van der Waals surface area contributed by atoms with Crippen LogP contribution < -0.4 is 18.9 Å². The van der Waals surface area contributed by atoms with Crippen LogP contribution in [0.25, 0.3) is 0 Å². The van der Waals surface area contributed by atoms with Crippen molar-refractivity contribution in [3.8, 4) is 17.2 Å². The molecule has 0 aliphatic carbocycles. The van der Waals surface area contributed by atoms with Gasteiger partial charge in [-0.25, -0.2) is 13.1 Å². The Hall–Kier alpha value is -2.50. The van der Waals surface area contributed by atoms with Crippen molar-refractivity contribution in [1.29, 1.82) is 0 Å². The van der Waals surface area contributed by atoms with Gasteiger partial charge in [0.1, 0.15) is 10.6 Å². The summed E-state index contributed by atoms with van der Waals surface area (Å²) in [7, 11) is -1.56. The van der Waals surface area contributed by atoms with Crippen molar-refractivity contribution in [1.82, 2.24) is 4.72 Å². The molecule has 0 unspecified atom stereocenters. The molecule has 0 amide bonds. The summed E-state index contributed by atoms with van der Waals surface area (Å²) < 4.78 is 78.2. The lowest BCUT2D eigenvalue weighted by molar-refractivity contribution is -0.275. The Bertz CT molecular complexity index is 917. The summed E-state index contributed by atoms with van der Waals surface area (Å²) >= 11 is 0. The number of aliphatic hydroxyl groups excluding tert-OH is 1. The lowest BCUT2D eigenvalue weighted by atomic mass is 10.1. The van der Waals surface area contributed by atoms with Gasteiger partial charge >= 0.3 is 6.36 Å². The minimum Gasteiger partial charge on any atom is -0.493 e. The average Bonchev–Trinajstić information content (AvgIpc) is 2.64. The van der Waals surface area contributed by atoms with E-state index in [1.807, 2.05) is 0 Å². The molecule has 2 rings (SSSR count). The predicted octanol–water partition coefficient (Wildman–Crippen LogP) is 2.61. The van der Waals surface area contributed by atoms with E-state index in [1.165, 1.54) is 44.6 Å². The molecule has 28 heavy (non-hydrogen) atoms. The molecule has 154 valence electrons. The molecule has 0 radical (unpaired) electrons. The van der Waals surface area contributed by atoms with Gasteiger partial charge in [-0.3, -0.25) is 0 Å². The second-order valence-corrected chi connectivity index (χ2v) is 7.21. The Morgan fingerprint density at radius 2 is 1.68 bits per heavy atom. The quantitative estimate of drug-likeness (QED) is 0.681. The lowest BCUT2D eigenvalue weighted by Gasteiger charge is -2.16. The highest BCUT2D eigenvalue weighted by Crippen LogP contribution is 2.31. The van der Waals surface area contributed by atoms with E-state index >= 15 is 0 Å². The Kier molecular flexibility index (Phi) is 6.75. The van der Waals surface area contributed by atoms with Gasteiger partial charge in [-0.2, -0.15) is 0 Å². The number of methoxy groups -OCH3 is 2. The maximum Gasteiger partial charge on any atom is 0.573 e. The average molecular weight is 421 g/mol. The molecule has 0 aliphatic heterocycles. The molecule has 0 heterocycles. The maximum absolute atomic E-state index is 12.5. The topological polar surface area (TPSA) is 94.1 Å². The van der Waals surface area contributed by atoms with Crippen LogP contribution in [0.15, 0.2) is 47.4 Å². The number of alkyl halides is 3. The van der Waals surface area contributed by atoms with Crippen LogP contribution in [0.1, 0.15) is 11.7 Å². The van der Waals surface area contributed by atoms with Crippen molar-refractivity contribution in [3.05, 3.63) is 48.0 Å². The maximum atomic E-state index is 12.5. The van der Waals surface area contributed by atoms with E-state index in [1.54, 1.807) is 0 Å². The standard InChI is InChI=1S/C17H18F3NO6S/c1-25-13-8-7-11(9-15(13)26-2)12(22)10-21-28(23,24)16-6-4-3-5-14(16)27-17(18,19)20/h3-9,12,21-22H,10H2,1-2H3/t12-/m1/s1. The van der Waals surface area contributed by atoms with E-state index in [9.17, 15) is 26.7 Å². The van der Waals surface area contributed by atoms with Crippen molar-refractivity contribution in [3.63, 3.8) is 0 Å². The molecular weight excluding hydrogens is 403 g/mol. The number of hydrogen-bond acceptors (Lipinski definition) is 6. The SMILES string of the molecule is COc1ccc([C@H](O)CNS(=O)(=O)c2ccccc2OC(F)(F)F)cc1OC. The van der Waals surface area contributed by atoms with Gasteiger partial charge < -0.3 is 19.3 Å². The number of rotatable bonds is 8. The Labute approximate surface area is 159 Å². The number of sulfonamides is 1. The molecule has 2 N–H and O–H groups in total. The molecule has 2 aromatic rings. The zero-order valence-electron chi connectivity index (χ0n) is 14.9. The predicted molar refractivity (Wildman–Crippen MR) is 92.8 cm³/mol. The molecule has 11 heteroatoms. The van der Waals surface area contributed by atoms with Gasteiger partial charge in [0.15, 0.2) is 11.5 Å². The minimum atomic E-state index is -5.05. The highest BCUT2D eigenvalue weighted by atomic mass is 32.2. The van der Waals surface area contributed by atoms with Crippen molar-refractivity contribution in [2.75, 3.05) is 20.8 Å². The van der Waals surface area contributed by atoms with Crippen molar-refractivity contribution < 1.29 is 40.9 Å². The molecule has 0 aromatic heterocycles. The molecule has 0 aliphatic rings. The highest BCUT2D eigenvalue weighted by Gasteiger charge is 2.34. The van der Waals surface area contributed by atoms with E-state index in [0.29, 0.717) is 17.1 Å². The summed E-state index contributed by atoms with van der Waals surface area (Å²) in [5, 5.41) is 10.2. The fourth-order valence-corrected chi connectivity index (χ4v) is 3.49. The summed E-state index contributed by atoms with van der Waals surface area (Å²) in [6.45, 7) is -0.488. The third-order valence-corrected chi connectivity index (χ3v) is 5.09. The second kappa shape index (κ2) is 8.67. The first kappa shape index (κ1) is 21.8. The number of benzene rings is 2. The highest BCUT2D eigenvalue weighted by molar-refractivity contribution is 7.89. The molecule has 1 atom stereocenters. The van der Waals surface area contributed by atoms with Crippen LogP contribution in [0, 0.1) is 0 Å². The largest absolute Gasteiger partial charge is 0.573 e. The van der Waals surface area contributed by atoms with Crippen LogP contribution >= 0.6 is 0 Å². The zero-order valence-corrected chi connectivity index (χ0v) is 15.7. The Morgan fingerprint density at radius 1 is 1.04 bits per heavy atom.